The van der Waals surface area contributed by atoms with Gasteiger partial charge in [-0.2, -0.15) is 5.10 Å². The van der Waals surface area contributed by atoms with E-state index >= 15 is 0 Å². The molecule has 0 aliphatic heterocycles. The molecule has 0 fully saturated rings. The van der Waals surface area contributed by atoms with Gasteiger partial charge in [0.15, 0.2) is 5.11 Å². The lowest BCUT2D eigenvalue weighted by Gasteiger charge is -2.10. The standard InChI is InChI=1S/C23H23N3O3S/c24-23(30)26-25-16-19-7-4-8-22(15-19)28-14-13-27-20-9-11-21(12-10-20)29-17-18-5-2-1-3-6-18/h1-12,15-16H,13-14,17H2,(H3,24,26,30). The highest BCUT2D eigenvalue weighted by Crippen LogP contribution is 2.19. The maximum atomic E-state index is 5.77. The maximum Gasteiger partial charge on any atom is 0.184 e. The van der Waals surface area contributed by atoms with Gasteiger partial charge in [-0.15, -0.1) is 0 Å². The fourth-order valence-electron chi connectivity index (χ4n) is 2.55. The average molecular weight is 422 g/mol. The molecule has 0 amide bonds. The number of nitrogens with two attached hydrogens (primary N) is 1. The fraction of sp³-hybridized carbons (Fsp3) is 0.130. The first-order valence-electron chi connectivity index (χ1n) is 9.40. The van der Waals surface area contributed by atoms with Gasteiger partial charge in [-0.3, -0.25) is 5.43 Å². The van der Waals surface area contributed by atoms with Crippen LogP contribution in [0.4, 0.5) is 0 Å². The number of hydrogen-bond donors (Lipinski definition) is 2. The van der Waals surface area contributed by atoms with Crippen LogP contribution < -0.4 is 25.4 Å². The molecule has 0 aliphatic carbocycles. The van der Waals surface area contributed by atoms with Gasteiger partial charge in [-0.25, -0.2) is 0 Å². The summed E-state index contributed by atoms with van der Waals surface area (Å²) in [5, 5.41) is 4.04. The summed E-state index contributed by atoms with van der Waals surface area (Å²) in [6.45, 7) is 1.37. The zero-order valence-corrected chi connectivity index (χ0v) is 17.2. The maximum absolute atomic E-state index is 5.77. The van der Waals surface area contributed by atoms with Crippen LogP contribution in [-0.2, 0) is 6.61 Å². The Hall–Kier alpha value is -3.58. The predicted octanol–water partition coefficient (Wildman–Crippen LogP) is 3.89. The van der Waals surface area contributed by atoms with Gasteiger partial charge in [0.1, 0.15) is 37.1 Å². The summed E-state index contributed by atoms with van der Waals surface area (Å²) < 4.78 is 17.2. The molecule has 0 aliphatic rings. The molecule has 0 aromatic heterocycles. The number of rotatable bonds is 10. The molecule has 0 bridgehead atoms. The first kappa shape index (κ1) is 21.1. The van der Waals surface area contributed by atoms with Crippen molar-refractivity contribution in [1.29, 1.82) is 0 Å². The molecule has 0 spiro atoms. The molecule has 3 N–H and O–H groups in total. The van der Waals surface area contributed by atoms with Gasteiger partial charge in [0, 0.05) is 0 Å². The van der Waals surface area contributed by atoms with Crippen molar-refractivity contribution in [1.82, 2.24) is 5.43 Å². The fourth-order valence-corrected chi connectivity index (χ4v) is 2.60. The van der Waals surface area contributed by atoms with E-state index in [1.165, 1.54) is 0 Å². The third-order valence-electron chi connectivity index (χ3n) is 3.94. The Balaban J connectivity index is 1.39. The first-order chi connectivity index (χ1) is 14.7. The number of nitrogens with one attached hydrogen (secondary N) is 1. The minimum absolute atomic E-state index is 0.117. The number of ether oxygens (including phenoxy) is 3. The average Bonchev–Trinajstić information content (AvgIpc) is 2.77. The minimum atomic E-state index is 0.117. The molecule has 6 nitrogen and oxygen atoms in total. The highest BCUT2D eigenvalue weighted by atomic mass is 32.1. The molecule has 7 heteroatoms. The molecule has 0 heterocycles. The Morgan fingerprint density at radius 2 is 1.50 bits per heavy atom. The van der Waals surface area contributed by atoms with Gasteiger partial charge in [-0.1, -0.05) is 42.5 Å². The van der Waals surface area contributed by atoms with E-state index in [1.807, 2.05) is 78.9 Å². The van der Waals surface area contributed by atoms with Gasteiger partial charge in [0.05, 0.1) is 6.21 Å². The van der Waals surface area contributed by atoms with Gasteiger partial charge >= 0.3 is 0 Å². The Kier molecular flexibility index (Phi) is 8.05. The van der Waals surface area contributed by atoms with Gasteiger partial charge in [0.25, 0.3) is 0 Å². The molecule has 154 valence electrons. The molecule has 30 heavy (non-hydrogen) atoms. The SMILES string of the molecule is NC(=S)NN=Cc1cccc(OCCOc2ccc(OCc3ccccc3)cc2)c1. The largest absolute Gasteiger partial charge is 0.490 e. The smallest absolute Gasteiger partial charge is 0.184 e. The van der Waals surface area contributed by atoms with Crippen molar-refractivity contribution < 1.29 is 14.2 Å². The number of hydrazone groups is 1. The summed E-state index contributed by atoms with van der Waals surface area (Å²) >= 11 is 4.70. The Morgan fingerprint density at radius 1 is 0.833 bits per heavy atom. The van der Waals surface area contributed by atoms with Crippen molar-refractivity contribution in [2.45, 2.75) is 6.61 Å². The van der Waals surface area contributed by atoms with Gasteiger partial charge < -0.3 is 19.9 Å². The molecule has 0 saturated carbocycles. The Bertz CT molecular complexity index is 963. The van der Waals surface area contributed by atoms with Crippen LogP contribution in [0.2, 0.25) is 0 Å². The molecule has 3 rings (SSSR count). The van der Waals surface area contributed by atoms with E-state index in [1.54, 1.807) is 6.21 Å². The second kappa shape index (κ2) is 11.4. The van der Waals surface area contributed by atoms with Crippen LogP contribution >= 0.6 is 12.2 Å². The second-order valence-corrected chi connectivity index (χ2v) is 6.69. The number of hydrogen-bond acceptors (Lipinski definition) is 5. The molecular weight excluding hydrogens is 398 g/mol. The monoisotopic (exact) mass is 421 g/mol. The van der Waals surface area contributed by atoms with E-state index < -0.39 is 0 Å². The number of thiocarbonyl (C=S) groups is 1. The highest BCUT2D eigenvalue weighted by molar-refractivity contribution is 7.80. The van der Waals surface area contributed by atoms with Crippen molar-refractivity contribution >= 4 is 23.5 Å². The number of nitrogens with zero attached hydrogens (tertiary/aromatic N) is 1. The van der Waals surface area contributed by atoms with Crippen molar-refractivity contribution in [2.75, 3.05) is 13.2 Å². The molecule has 3 aromatic rings. The normalized spacial score (nSPS) is 10.5. The van der Waals surface area contributed by atoms with E-state index in [9.17, 15) is 0 Å². The first-order valence-corrected chi connectivity index (χ1v) is 9.81. The Labute approximate surface area is 181 Å². The van der Waals surface area contributed by atoms with Crippen molar-refractivity contribution in [3.8, 4) is 17.2 Å². The lowest BCUT2D eigenvalue weighted by molar-refractivity contribution is 0.217. The quantitative estimate of drug-likeness (QED) is 0.224. The zero-order valence-electron chi connectivity index (χ0n) is 16.4. The van der Waals surface area contributed by atoms with E-state index in [-0.39, 0.29) is 5.11 Å². The second-order valence-electron chi connectivity index (χ2n) is 6.25. The third kappa shape index (κ3) is 7.44. The van der Waals surface area contributed by atoms with Crippen LogP contribution in [0.25, 0.3) is 0 Å². The zero-order chi connectivity index (χ0) is 21.0. The van der Waals surface area contributed by atoms with E-state index in [0.717, 1.165) is 28.4 Å². The van der Waals surface area contributed by atoms with Crippen LogP contribution in [0.3, 0.4) is 0 Å². The minimum Gasteiger partial charge on any atom is -0.490 e. The molecule has 0 saturated heterocycles. The molecular formula is C23H23N3O3S. The number of benzene rings is 3. The van der Waals surface area contributed by atoms with Crippen LogP contribution in [0, 0.1) is 0 Å². The van der Waals surface area contributed by atoms with Gasteiger partial charge in [0.2, 0.25) is 0 Å². The van der Waals surface area contributed by atoms with E-state index in [0.29, 0.717) is 19.8 Å². The summed E-state index contributed by atoms with van der Waals surface area (Å²) in [5.74, 6) is 2.28. The summed E-state index contributed by atoms with van der Waals surface area (Å²) in [6.07, 6.45) is 1.62. The van der Waals surface area contributed by atoms with E-state index in [2.05, 4.69) is 10.5 Å². The van der Waals surface area contributed by atoms with Crippen LogP contribution in [-0.4, -0.2) is 24.5 Å². The van der Waals surface area contributed by atoms with Crippen molar-refractivity contribution in [2.24, 2.45) is 10.8 Å². The molecule has 0 radical (unpaired) electrons. The van der Waals surface area contributed by atoms with Crippen molar-refractivity contribution in [3.05, 3.63) is 90.0 Å². The molecule has 3 aromatic carbocycles. The highest BCUT2D eigenvalue weighted by Gasteiger charge is 2.00. The summed E-state index contributed by atoms with van der Waals surface area (Å²) in [5.41, 5.74) is 9.83. The predicted molar refractivity (Wildman–Crippen MR) is 122 cm³/mol. The topological polar surface area (TPSA) is 78.1 Å². The Morgan fingerprint density at radius 3 is 2.20 bits per heavy atom. The lowest BCUT2D eigenvalue weighted by atomic mass is 10.2. The summed E-state index contributed by atoms with van der Waals surface area (Å²) in [6, 6.07) is 25.1. The molecule has 0 unspecified atom stereocenters. The van der Waals surface area contributed by atoms with E-state index in [4.69, 9.17) is 32.2 Å². The summed E-state index contributed by atoms with van der Waals surface area (Å²) in [7, 11) is 0. The van der Waals surface area contributed by atoms with Crippen molar-refractivity contribution in [3.63, 3.8) is 0 Å². The summed E-state index contributed by atoms with van der Waals surface area (Å²) in [4.78, 5) is 0. The van der Waals surface area contributed by atoms with Crippen LogP contribution in [0.5, 0.6) is 17.2 Å². The van der Waals surface area contributed by atoms with Gasteiger partial charge in [-0.05, 0) is 59.7 Å². The van der Waals surface area contributed by atoms with Crippen LogP contribution in [0.1, 0.15) is 11.1 Å². The lowest BCUT2D eigenvalue weighted by Crippen LogP contribution is -2.23. The third-order valence-corrected chi connectivity index (χ3v) is 4.03. The van der Waals surface area contributed by atoms with Crippen LogP contribution in [0.15, 0.2) is 84.0 Å². The molecule has 0 atom stereocenters.